The third-order valence-electron chi connectivity index (χ3n) is 1.86. The molecule has 1 aromatic heterocycles. The molecule has 0 spiro atoms. The van der Waals surface area contributed by atoms with Gasteiger partial charge in [0.05, 0.1) is 10.2 Å². The first kappa shape index (κ1) is 11.0. The molecule has 1 heterocycles. The van der Waals surface area contributed by atoms with Crippen molar-refractivity contribution in [2.24, 2.45) is 0 Å². The maximum atomic E-state index is 5.78. The van der Waals surface area contributed by atoms with Gasteiger partial charge in [-0.3, -0.25) is 0 Å². The lowest BCUT2D eigenvalue weighted by Crippen LogP contribution is -1.89. The van der Waals surface area contributed by atoms with Gasteiger partial charge in [-0.2, -0.15) is 0 Å². The van der Waals surface area contributed by atoms with E-state index in [2.05, 4.69) is 42.1 Å². The number of hydrogen-bond acceptors (Lipinski definition) is 2. The highest BCUT2D eigenvalue weighted by Crippen LogP contribution is 2.29. The van der Waals surface area contributed by atoms with Crippen molar-refractivity contribution in [3.8, 4) is 11.3 Å². The van der Waals surface area contributed by atoms with Crippen molar-refractivity contribution in [2.45, 2.75) is 0 Å². The van der Waals surface area contributed by atoms with Gasteiger partial charge in [-0.05, 0) is 28.1 Å². The van der Waals surface area contributed by atoms with Crippen LogP contribution in [0.4, 0.5) is 0 Å². The zero-order valence-corrected chi connectivity index (χ0v) is 11.3. The van der Waals surface area contributed by atoms with Crippen LogP contribution >= 0.6 is 43.5 Å². The Hall–Kier alpha value is -0.450. The highest BCUT2D eigenvalue weighted by atomic mass is 79.9. The van der Waals surface area contributed by atoms with Crippen LogP contribution in [0.2, 0.25) is 5.15 Å². The van der Waals surface area contributed by atoms with Crippen molar-refractivity contribution in [2.75, 3.05) is 0 Å². The van der Waals surface area contributed by atoms with E-state index in [4.69, 9.17) is 11.6 Å². The smallest absolute Gasteiger partial charge is 0.149 e. The second kappa shape index (κ2) is 4.60. The Morgan fingerprint density at radius 1 is 1.00 bits per heavy atom. The first-order valence-electron chi connectivity index (χ1n) is 4.12. The third-order valence-corrected chi connectivity index (χ3v) is 3.66. The SMILES string of the molecule is Clc1nnc(-c2ccccc2Br)cc1Br. The molecule has 0 radical (unpaired) electrons. The first-order chi connectivity index (χ1) is 7.18. The van der Waals surface area contributed by atoms with Crippen LogP contribution in [0.15, 0.2) is 39.3 Å². The Kier molecular flexibility index (Phi) is 3.38. The van der Waals surface area contributed by atoms with Crippen molar-refractivity contribution in [3.63, 3.8) is 0 Å². The lowest BCUT2D eigenvalue weighted by molar-refractivity contribution is 1.03. The molecule has 0 fully saturated rings. The van der Waals surface area contributed by atoms with E-state index in [-0.39, 0.29) is 0 Å². The molecule has 76 valence electrons. The summed E-state index contributed by atoms with van der Waals surface area (Å²) in [6.07, 6.45) is 0. The summed E-state index contributed by atoms with van der Waals surface area (Å²) in [6, 6.07) is 9.67. The van der Waals surface area contributed by atoms with Crippen molar-refractivity contribution in [3.05, 3.63) is 44.4 Å². The minimum atomic E-state index is 0.366. The highest BCUT2D eigenvalue weighted by molar-refractivity contribution is 9.11. The van der Waals surface area contributed by atoms with E-state index in [1.165, 1.54) is 0 Å². The van der Waals surface area contributed by atoms with Gasteiger partial charge in [0.25, 0.3) is 0 Å². The molecule has 2 rings (SSSR count). The van der Waals surface area contributed by atoms with Crippen molar-refractivity contribution < 1.29 is 0 Å². The fraction of sp³-hybridized carbons (Fsp3) is 0. The number of halogens is 3. The summed E-state index contributed by atoms with van der Waals surface area (Å²) in [6.45, 7) is 0. The second-order valence-electron chi connectivity index (χ2n) is 2.85. The summed E-state index contributed by atoms with van der Waals surface area (Å²) in [4.78, 5) is 0. The number of rotatable bonds is 1. The molecule has 5 heteroatoms. The average Bonchev–Trinajstić information content (AvgIpc) is 2.23. The number of aromatic nitrogens is 2. The van der Waals surface area contributed by atoms with E-state index in [1.807, 2.05) is 30.3 Å². The number of hydrogen-bond donors (Lipinski definition) is 0. The standard InChI is InChI=1S/C10H5Br2ClN2/c11-7-4-2-1-3-6(7)9-5-8(12)10(13)15-14-9/h1-5H. The topological polar surface area (TPSA) is 25.8 Å². The number of benzene rings is 1. The molecule has 2 nitrogen and oxygen atoms in total. The van der Waals surface area contributed by atoms with Gasteiger partial charge in [0.15, 0.2) is 5.15 Å². The third kappa shape index (κ3) is 2.38. The Balaban J connectivity index is 2.55. The highest BCUT2D eigenvalue weighted by Gasteiger charge is 2.07. The van der Waals surface area contributed by atoms with Crippen LogP contribution in [0.1, 0.15) is 0 Å². The molecule has 0 saturated carbocycles. The molecule has 0 atom stereocenters. The fourth-order valence-corrected chi connectivity index (χ4v) is 2.03. The number of nitrogens with zero attached hydrogens (tertiary/aromatic N) is 2. The van der Waals surface area contributed by atoms with E-state index in [9.17, 15) is 0 Å². The van der Waals surface area contributed by atoms with Crippen LogP contribution in [0.3, 0.4) is 0 Å². The molecule has 0 unspecified atom stereocenters. The van der Waals surface area contributed by atoms with Crippen LogP contribution in [0, 0.1) is 0 Å². The molecular formula is C10H5Br2ClN2. The van der Waals surface area contributed by atoms with Gasteiger partial charge in [-0.1, -0.05) is 45.7 Å². The lowest BCUT2D eigenvalue weighted by Gasteiger charge is -2.03. The predicted molar refractivity (Wildman–Crippen MR) is 67.9 cm³/mol. The molecule has 15 heavy (non-hydrogen) atoms. The van der Waals surface area contributed by atoms with Gasteiger partial charge in [0.2, 0.25) is 0 Å². The van der Waals surface area contributed by atoms with E-state index in [0.717, 1.165) is 20.2 Å². The average molecular weight is 348 g/mol. The summed E-state index contributed by atoms with van der Waals surface area (Å²) < 4.78 is 1.72. The van der Waals surface area contributed by atoms with E-state index < -0.39 is 0 Å². The lowest BCUT2D eigenvalue weighted by atomic mass is 10.1. The normalized spacial score (nSPS) is 10.3. The van der Waals surface area contributed by atoms with Crippen molar-refractivity contribution in [1.82, 2.24) is 10.2 Å². The maximum Gasteiger partial charge on any atom is 0.165 e. The maximum absolute atomic E-state index is 5.78. The molecule has 0 aliphatic carbocycles. The minimum absolute atomic E-state index is 0.366. The fourth-order valence-electron chi connectivity index (χ4n) is 1.15. The summed E-state index contributed by atoms with van der Waals surface area (Å²) in [5.74, 6) is 0. The van der Waals surface area contributed by atoms with Gasteiger partial charge in [-0.15, -0.1) is 10.2 Å². The molecule has 1 aromatic carbocycles. The molecule has 0 aliphatic rings. The Morgan fingerprint density at radius 3 is 2.40 bits per heavy atom. The molecule has 0 bridgehead atoms. The van der Waals surface area contributed by atoms with Crippen LogP contribution in [-0.4, -0.2) is 10.2 Å². The molecule has 0 aliphatic heterocycles. The zero-order chi connectivity index (χ0) is 10.8. The Bertz CT molecular complexity index is 503. The molecule has 0 N–H and O–H groups in total. The summed E-state index contributed by atoms with van der Waals surface area (Å²) in [5.41, 5.74) is 1.76. The largest absolute Gasteiger partial charge is 0.165 e. The molecular weight excluding hydrogens is 343 g/mol. The summed E-state index contributed by atoms with van der Waals surface area (Å²) in [5, 5.41) is 8.24. The Labute approximate surface area is 109 Å². The zero-order valence-electron chi connectivity index (χ0n) is 7.42. The summed E-state index contributed by atoms with van der Waals surface area (Å²) >= 11 is 12.6. The van der Waals surface area contributed by atoms with Crippen LogP contribution in [0.5, 0.6) is 0 Å². The molecule has 0 amide bonds. The van der Waals surface area contributed by atoms with Gasteiger partial charge >= 0.3 is 0 Å². The van der Waals surface area contributed by atoms with E-state index in [0.29, 0.717) is 5.15 Å². The van der Waals surface area contributed by atoms with Crippen LogP contribution in [-0.2, 0) is 0 Å². The van der Waals surface area contributed by atoms with Gasteiger partial charge in [-0.25, -0.2) is 0 Å². The molecule has 0 saturated heterocycles. The van der Waals surface area contributed by atoms with E-state index in [1.54, 1.807) is 0 Å². The van der Waals surface area contributed by atoms with Crippen LogP contribution < -0.4 is 0 Å². The first-order valence-corrected chi connectivity index (χ1v) is 6.08. The quantitative estimate of drug-likeness (QED) is 0.767. The molecule has 2 aromatic rings. The van der Waals surface area contributed by atoms with Crippen molar-refractivity contribution in [1.29, 1.82) is 0 Å². The van der Waals surface area contributed by atoms with Crippen molar-refractivity contribution >= 4 is 43.5 Å². The van der Waals surface area contributed by atoms with Gasteiger partial charge < -0.3 is 0 Å². The van der Waals surface area contributed by atoms with Gasteiger partial charge in [0, 0.05) is 10.0 Å². The second-order valence-corrected chi connectivity index (χ2v) is 4.91. The van der Waals surface area contributed by atoms with Crippen LogP contribution in [0.25, 0.3) is 11.3 Å². The summed E-state index contributed by atoms with van der Waals surface area (Å²) in [7, 11) is 0. The monoisotopic (exact) mass is 346 g/mol. The predicted octanol–water partition coefficient (Wildman–Crippen LogP) is 4.32. The minimum Gasteiger partial charge on any atom is -0.149 e. The van der Waals surface area contributed by atoms with E-state index >= 15 is 0 Å². The Morgan fingerprint density at radius 2 is 1.73 bits per heavy atom. The van der Waals surface area contributed by atoms with Gasteiger partial charge in [0.1, 0.15) is 0 Å².